The molecule has 2 aromatic rings. The molecule has 0 aromatic heterocycles. The quantitative estimate of drug-likeness (QED) is 0.758. The molecule has 1 aliphatic heterocycles. The summed E-state index contributed by atoms with van der Waals surface area (Å²) in [7, 11) is -3.58. The largest absolute Gasteiger partial charge is 0.340 e. The number of aryl methyl sites for hydroxylation is 1. The van der Waals surface area contributed by atoms with Crippen LogP contribution < -0.4 is 5.32 Å². The van der Waals surface area contributed by atoms with Crippen molar-refractivity contribution in [1.29, 1.82) is 0 Å². The predicted molar refractivity (Wildman–Crippen MR) is 111 cm³/mol. The number of carbonyl (C=O) groups is 2. The number of nitrogens with one attached hydrogen (secondary N) is 1. The second-order valence-corrected chi connectivity index (χ2v) is 9.07. The van der Waals surface area contributed by atoms with Crippen molar-refractivity contribution < 1.29 is 22.4 Å². The molecule has 0 aliphatic carbocycles. The van der Waals surface area contributed by atoms with Crippen LogP contribution in [0, 0.1) is 12.7 Å². The normalized spacial score (nSPS) is 15.1. The molecule has 0 unspecified atom stereocenters. The van der Waals surface area contributed by atoms with Crippen LogP contribution in [0.5, 0.6) is 0 Å². The molecular formula is C21H24FN3O4S. The van der Waals surface area contributed by atoms with Gasteiger partial charge in [-0.1, -0.05) is 24.3 Å². The number of hydrogen-bond donors (Lipinski definition) is 1. The van der Waals surface area contributed by atoms with Gasteiger partial charge >= 0.3 is 0 Å². The smallest absolute Gasteiger partial charge is 0.243 e. The first kappa shape index (κ1) is 21.9. The van der Waals surface area contributed by atoms with Crippen molar-refractivity contribution in [1.82, 2.24) is 9.21 Å². The Morgan fingerprint density at radius 3 is 2.33 bits per heavy atom. The summed E-state index contributed by atoms with van der Waals surface area (Å²) < 4.78 is 40.4. The van der Waals surface area contributed by atoms with Gasteiger partial charge in [-0.3, -0.25) is 9.59 Å². The van der Waals surface area contributed by atoms with Gasteiger partial charge in [-0.25, -0.2) is 12.8 Å². The monoisotopic (exact) mass is 433 g/mol. The minimum atomic E-state index is -3.58. The molecule has 0 saturated carbocycles. The van der Waals surface area contributed by atoms with Crippen LogP contribution >= 0.6 is 0 Å². The van der Waals surface area contributed by atoms with E-state index in [-0.39, 0.29) is 55.5 Å². The van der Waals surface area contributed by atoms with Crippen molar-refractivity contribution in [3.05, 3.63) is 59.9 Å². The lowest BCUT2D eigenvalue weighted by atomic mass is 10.2. The second kappa shape index (κ2) is 9.36. The fourth-order valence-corrected chi connectivity index (χ4v) is 4.69. The first-order valence-corrected chi connectivity index (χ1v) is 11.1. The topological polar surface area (TPSA) is 86.8 Å². The number of halogens is 1. The highest BCUT2D eigenvalue weighted by Crippen LogP contribution is 2.18. The highest BCUT2D eigenvalue weighted by Gasteiger charge is 2.30. The average molecular weight is 434 g/mol. The highest BCUT2D eigenvalue weighted by molar-refractivity contribution is 7.89. The zero-order valence-electron chi connectivity index (χ0n) is 16.7. The zero-order chi connectivity index (χ0) is 21.7. The minimum absolute atomic E-state index is 0.0231. The van der Waals surface area contributed by atoms with Gasteiger partial charge in [0.15, 0.2) is 0 Å². The van der Waals surface area contributed by atoms with Gasteiger partial charge in [0.2, 0.25) is 21.8 Å². The lowest BCUT2D eigenvalue weighted by Gasteiger charge is -2.34. The van der Waals surface area contributed by atoms with Crippen molar-refractivity contribution in [2.45, 2.75) is 24.7 Å². The summed E-state index contributed by atoms with van der Waals surface area (Å²) >= 11 is 0. The van der Waals surface area contributed by atoms with Crippen LogP contribution in [-0.4, -0.2) is 55.6 Å². The molecule has 0 spiro atoms. The van der Waals surface area contributed by atoms with Crippen LogP contribution in [0.4, 0.5) is 10.1 Å². The van der Waals surface area contributed by atoms with Crippen LogP contribution in [0.25, 0.3) is 0 Å². The molecule has 1 aliphatic rings. The van der Waals surface area contributed by atoms with Crippen molar-refractivity contribution in [2.75, 3.05) is 31.5 Å². The summed E-state index contributed by atoms with van der Waals surface area (Å²) in [5.74, 6) is -1.21. The van der Waals surface area contributed by atoms with Crippen LogP contribution in [-0.2, 0) is 19.6 Å². The van der Waals surface area contributed by atoms with E-state index in [0.29, 0.717) is 0 Å². The third-order valence-electron chi connectivity index (χ3n) is 4.93. The number of hydrogen-bond acceptors (Lipinski definition) is 4. The van der Waals surface area contributed by atoms with Gasteiger partial charge in [0, 0.05) is 39.0 Å². The molecule has 3 rings (SSSR count). The molecule has 160 valence electrons. The standard InChI is InChI=1S/C21H24FN3O4S/c1-16-7-8-18(22)19(15-16)23-20(26)9-10-21(27)24-11-13-25(14-12-24)30(28,29)17-5-3-2-4-6-17/h2-8,15H,9-14H2,1H3,(H,23,26). The summed E-state index contributed by atoms with van der Waals surface area (Å²) in [5, 5.41) is 2.48. The first-order valence-electron chi connectivity index (χ1n) is 9.66. The minimum Gasteiger partial charge on any atom is -0.340 e. The van der Waals surface area contributed by atoms with E-state index in [9.17, 15) is 22.4 Å². The number of rotatable bonds is 6. The molecule has 7 nitrogen and oxygen atoms in total. The lowest BCUT2D eigenvalue weighted by Crippen LogP contribution is -2.50. The van der Waals surface area contributed by atoms with Gasteiger partial charge in [0.05, 0.1) is 10.6 Å². The average Bonchev–Trinajstić information content (AvgIpc) is 2.75. The lowest BCUT2D eigenvalue weighted by molar-refractivity contribution is -0.133. The van der Waals surface area contributed by atoms with Gasteiger partial charge in [0.1, 0.15) is 5.82 Å². The van der Waals surface area contributed by atoms with Crippen molar-refractivity contribution >= 4 is 27.5 Å². The Balaban J connectivity index is 1.48. The fourth-order valence-electron chi connectivity index (χ4n) is 3.25. The van der Waals surface area contributed by atoms with E-state index < -0.39 is 21.7 Å². The number of benzene rings is 2. The molecule has 0 bridgehead atoms. The number of sulfonamides is 1. The summed E-state index contributed by atoms with van der Waals surface area (Å²) in [5.41, 5.74) is 0.901. The Kier molecular flexibility index (Phi) is 6.84. The van der Waals surface area contributed by atoms with E-state index in [0.717, 1.165) is 5.56 Å². The van der Waals surface area contributed by atoms with E-state index >= 15 is 0 Å². The molecular weight excluding hydrogens is 409 g/mol. The molecule has 0 atom stereocenters. The van der Waals surface area contributed by atoms with Gasteiger partial charge in [-0.05, 0) is 36.8 Å². The Bertz CT molecular complexity index is 1020. The van der Waals surface area contributed by atoms with Crippen molar-refractivity contribution in [3.63, 3.8) is 0 Å². The molecule has 1 saturated heterocycles. The molecule has 30 heavy (non-hydrogen) atoms. The molecule has 0 radical (unpaired) electrons. The second-order valence-electron chi connectivity index (χ2n) is 7.13. The molecule has 1 heterocycles. The maximum absolute atomic E-state index is 13.7. The summed E-state index contributed by atoms with van der Waals surface area (Å²) in [6.07, 6.45) is -0.0978. The Morgan fingerprint density at radius 1 is 1.00 bits per heavy atom. The zero-order valence-corrected chi connectivity index (χ0v) is 17.5. The van der Waals surface area contributed by atoms with E-state index in [1.54, 1.807) is 48.2 Å². The third kappa shape index (κ3) is 5.22. The van der Waals surface area contributed by atoms with E-state index in [1.165, 1.54) is 16.4 Å². The molecule has 2 amide bonds. The number of piperazine rings is 1. The van der Waals surface area contributed by atoms with Crippen LogP contribution in [0.3, 0.4) is 0 Å². The number of amides is 2. The van der Waals surface area contributed by atoms with Gasteiger partial charge < -0.3 is 10.2 Å². The highest BCUT2D eigenvalue weighted by atomic mass is 32.2. The predicted octanol–water partition coefficient (Wildman–Crippen LogP) is 2.39. The Labute approximate surface area is 175 Å². The van der Waals surface area contributed by atoms with Crippen LogP contribution in [0.15, 0.2) is 53.4 Å². The number of nitrogens with zero attached hydrogens (tertiary/aromatic N) is 2. The van der Waals surface area contributed by atoms with Crippen molar-refractivity contribution in [3.8, 4) is 0 Å². The van der Waals surface area contributed by atoms with Crippen LogP contribution in [0.1, 0.15) is 18.4 Å². The van der Waals surface area contributed by atoms with Crippen LogP contribution in [0.2, 0.25) is 0 Å². The molecule has 1 N–H and O–H groups in total. The van der Waals surface area contributed by atoms with Gasteiger partial charge in [-0.2, -0.15) is 4.31 Å². The molecule has 1 fully saturated rings. The summed E-state index contributed by atoms with van der Waals surface area (Å²) in [6.45, 7) is 2.71. The van der Waals surface area contributed by atoms with Gasteiger partial charge in [0.25, 0.3) is 0 Å². The number of carbonyl (C=O) groups excluding carboxylic acids is 2. The van der Waals surface area contributed by atoms with Crippen molar-refractivity contribution in [2.24, 2.45) is 0 Å². The van der Waals surface area contributed by atoms with Gasteiger partial charge in [-0.15, -0.1) is 0 Å². The molecule has 9 heteroatoms. The van der Waals surface area contributed by atoms with E-state index in [4.69, 9.17) is 0 Å². The maximum atomic E-state index is 13.7. The number of anilines is 1. The summed E-state index contributed by atoms with van der Waals surface area (Å²) in [4.78, 5) is 26.3. The Morgan fingerprint density at radius 2 is 1.67 bits per heavy atom. The Hall–Kier alpha value is -2.78. The third-order valence-corrected chi connectivity index (χ3v) is 6.85. The SMILES string of the molecule is Cc1ccc(F)c(NC(=O)CCC(=O)N2CCN(S(=O)(=O)c3ccccc3)CC2)c1. The van der Waals surface area contributed by atoms with E-state index in [2.05, 4.69) is 5.32 Å². The van der Waals surface area contributed by atoms with E-state index in [1.807, 2.05) is 0 Å². The first-order chi connectivity index (χ1) is 14.3. The fraction of sp³-hybridized carbons (Fsp3) is 0.333. The summed E-state index contributed by atoms with van der Waals surface area (Å²) in [6, 6.07) is 12.6. The maximum Gasteiger partial charge on any atom is 0.243 e. The molecule has 2 aromatic carbocycles.